The molecule has 14 rings (SSSR count). The molecule has 8 nitrogen and oxygen atoms in total. The van der Waals surface area contributed by atoms with Crippen molar-refractivity contribution in [3.8, 4) is 51.6 Å². The van der Waals surface area contributed by atoms with Crippen LogP contribution in [-0.2, 0) is 0 Å². The van der Waals surface area contributed by atoms with Crippen molar-refractivity contribution in [2.75, 3.05) is 0 Å². The maximum atomic E-state index is 11.1. The summed E-state index contributed by atoms with van der Waals surface area (Å²) in [5.41, 5.74) is 12.2. The fraction of sp³-hybridized carbons (Fsp3) is 0. The maximum absolute atomic E-state index is 11.1. The van der Waals surface area contributed by atoms with Crippen molar-refractivity contribution < 1.29 is 8.83 Å². The van der Waals surface area contributed by atoms with Gasteiger partial charge in [0.25, 0.3) is 0 Å². The van der Waals surface area contributed by atoms with Crippen LogP contribution in [0.25, 0.3) is 133 Å². The molecule has 0 aliphatic heterocycles. The van der Waals surface area contributed by atoms with Crippen LogP contribution in [0.3, 0.4) is 0 Å². The van der Waals surface area contributed by atoms with Crippen LogP contribution in [0.15, 0.2) is 203 Å². The number of aromatic nitrogens is 5. The van der Waals surface area contributed by atoms with Crippen LogP contribution in [0, 0.1) is 11.3 Å². The minimum absolute atomic E-state index is 0.467. The van der Waals surface area contributed by atoms with Gasteiger partial charge in [-0.1, -0.05) is 109 Å². The summed E-state index contributed by atoms with van der Waals surface area (Å²) in [6.45, 7) is 0. The third-order valence-electron chi connectivity index (χ3n) is 13.0. The Hall–Kier alpha value is -9.32. The third kappa shape index (κ3) is 5.28. The molecule has 14 aromatic rings. The highest BCUT2D eigenvalue weighted by Gasteiger charge is 2.23. The van der Waals surface area contributed by atoms with Crippen LogP contribution >= 0.6 is 0 Å². The van der Waals surface area contributed by atoms with Crippen molar-refractivity contribution in [1.29, 1.82) is 5.26 Å². The Labute approximate surface area is 375 Å². The second kappa shape index (κ2) is 13.8. The fourth-order valence-electron chi connectivity index (χ4n) is 10.1. The Morgan fingerprint density at radius 2 is 0.924 bits per heavy atom. The largest absolute Gasteiger partial charge is 0.456 e. The predicted octanol–water partition coefficient (Wildman–Crippen LogP) is 14.7. The first kappa shape index (κ1) is 36.2. The molecule has 0 fully saturated rings. The van der Waals surface area contributed by atoms with E-state index in [2.05, 4.69) is 118 Å². The van der Waals surface area contributed by atoms with Crippen LogP contribution in [0.4, 0.5) is 0 Å². The fourth-order valence-corrected chi connectivity index (χ4v) is 10.1. The summed E-state index contributed by atoms with van der Waals surface area (Å²) in [4.78, 5) is 15.2. The van der Waals surface area contributed by atoms with Gasteiger partial charge in [0, 0.05) is 65.5 Å². The average Bonchev–Trinajstić information content (AvgIpc) is 4.13. The molecule has 0 saturated heterocycles. The van der Waals surface area contributed by atoms with Gasteiger partial charge in [0.05, 0.1) is 33.3 Å². The molecule has 0 unspecified atom stereocenters. The van der Waals surface area contributed by atoms with E-state index >= 15 is 0 Å². The van der Waals surface area contributed by atoms with Crippen LogP contribution in [0.5, 0.6) is 0 Å². The number of fused-ring (bicyclic) bond motifs is 13. The standard InChI is InChI=1S/C58H32N6O2/c59-33-37-30-35(57-60-56(34-12-2-1-3-13-34)61-58(62-57)36-23-28-52-44(31-36)40-15-6-10-20-50(40)65-52)22-26-46(37)64-47-18-8-4-14-39(47)42-25-27-49-54(55(42)64)43-17-5-9-19-48(43)63(49)38-24-29-53-45(32-38)41-16-7-11-21-51(41)66-53/h1-32H. The molecule has 0 radical (unpaired) electrons. The lowest BCUT2D eigenvalue weighted by Gasteiger charge is -2.13. The first-order valence-corrected chi connectivity index (χ1v) is 21.8. The molecule has 0 amide bonds. The zero-order chi connectivity index (χ0) is 43.5. The van der Waals surface area contributed by atoms with Crippen molar-refractivity contribution in [2.24, 2.45) is 0 Å². The molecule has 306 valence electrons. The molecule has 5 aromatic heterocycles. The number of rotatable bonds is 5. The lowest BCUT2D eigenvalue weighted by atomic mass is 10.1. The van der Waals surface area contributed by atoms with E-state index in [0.29, 0.717) is 28.6 Å². The summed E-state index contributed by atoms with van der Waals surface area (Å²) in [5.74, 6) is 1.53. The van der Waals surface area contributed by atoms with Gasteiger partial charge in [-0.2, -0.15) is 5.26 Å². The molecular formula is C58H32N6O2. The number of hydrogen-bond donors (Lipinski definition) is 0. The van der Waals surface area contributed by atoms with Crippen molar-refractivity contribution in [2.45, 2.75) is 0 Å². The SMILES string of the molecule is N#Cc1cc(-c2nc(-c3ccccc3)nc(-c3ccc4oc5ccccc5c4c3)n2)ccc1-n1c2ccccc2c2ccc3c(c4ccccc4n3-c3ccc4oc5ccccc5c4c3)c21. The normalized spacial score (nSPS) is 11.9. The van der Waals surface area contributed by atoms with E-state index in [9.17, 15) is 5.26 Å². The van der Waals surface area contributed by atoms with Crippen molar-refractivity contribution >= 4 is 87.5 Å². The van der Waals surface area contributed by atoms with E-state index in [1.165, 1.54) is 0 Å². The minimum Gasteiger partial charge on any atom is -0.456 e. The number of furan rings is 2. The molecule has 9 aromatic carbocycles. The molecule has 0 saturated carbocycles. The number of nitrogens with zero attached hydrogens (tertiary/aromatic N) is 6. The summed E-state index contributed by atoms with van der Waals surface area (Å²) in [6.07, 6.45) is 0. The molecule has 66 heavy (non-hydrogen) atoms. The van der Waals surface area contributed by atoms with Crippen LogP contribution in [0.2, 0.25) is 0 Å². The number of nitriles is 1. The van der Waals surface area contributed by atoms with Gasteiger partial charge >= 0.3 is 0 Å². The first-order chi connectivity index (χ1) is 32.7. The van der Waals surface area contributed by atoms with Crippen molar-refractivity contribution in [3.05, 3.63) is 200 Å². The Morgan fingerprint density at radius 1 is 0.379 bits per heavy atom. The van der Waals surface area contributed by atoms with Crippen LogP contribution in [-0.4, -0.2) is 24.1 Å². The van der Waals surface area contributed by atoms with Gasteiger partial charge in [-0.15, -0.1) is 0 Å². The molecule has 8 heteroatoms. The van der Waals surface area contributed by atoms with Crippen LogP contribution in [0.1, 0.15) is 5.56 Å². The average molecular weight is 845 g/mol. The second-order valence-electron chi connectivity index (χ2n) is 16.7. The lowest BCUT2D eigenvalue weighted by molar-refractivity contribution is 0.668. The van der Waals surface area contributed by atoms with E-state index in [1.807, 2.05) is 91.0 Å². The molecular weight excluding hydrogens is 813 g/mol. The van der Waals surface area contributed by atoms with E-state index in [0.717, 1.165) is 110 Å². The highest BCUT2D eigenvalue weighted by molar-refractivity contribution is 6.26. The van der Waals surface area contributed by atoms with Gasteiger partial charge < -0.3 is 18.0 Å². The zero-order valence-corrected chi connectivity index (χ0v) is 35.0. The van der Waals surface area contributed by atoms with E-state index in [1.54, 1.807) is 0 Å². The summed E-state index contributed by atoms with van der Waals surface area (Å²) in [7, 11) is 0. The van der Waals surface area contributed by atoms with Gasteiger partial charge in [-0.3, -0.25) is 0 Å². The van der Waals surface area contributed by atoms with E-state index < -0.39 is 0 Å². The molecule has 0 N–H and O–H groups in total. The highest BCUT2D eigenvalue weighted by Crippen LogP contribution is 2.43. The Balaban J connectivity index is 0.983. The van der Waals surface area contributed by atoms with Gasteiger partial charge in [-0.25, -0.2) is 15.0 Å². The summed E-state index contributed by atoms with van der Waals surface area (Å²) in [6, 6.07) is 68.6. The Kier molecular flexibility index (Phi) is 7.59. The zero-order valence-electron chi connectivity index (χ0n) is 35.0. The first-order valence-electron chi connectivity index (χ1n) is 21.8. The van der Waals surface area contributed by atoms with E-state index in [-0.39, 0.29) is 0 Å². The topological polar surface area (TPSA) is 98.6 Å². The second-order valence-corrected chi connectivity index (χ2v) is 16.7. The molecule has 0 spiro atoms. The third-order valence-corrected chi connectivity index (χ3v) is 13.0. The number of hydrogen-bond acceptors (Lipinski definition) is 6. The smallest absolute Gasteiger partial charge is 0.164 e. The van der Waals surface area contributed by atoms with Gasteiger partial charge in [-0.05, 0) is 84.9 Å². The predicted molar refractivity (Wildman–Crippen MR) is 264 cm³/mol. The molecule has 0 atom stereocenters. The maximum Gasteiger partial charge on any atom is 0.164 e. The molecule has 0 bridgehead atoms. The van der Waals surface area contributed by atoms with Gasteiger partial charge in [0.1, 0.15) is 28.4 Å². The lowest BCUT2D eigenvalue weighted by Crippen LogP contribution is -2.02. The van der Waals surface area contributed by atoms with Crippen molar-refractivity contribution in [1.82, 2.24) is 24.1 Å². The molecule has 0 aliphatic rings. The van der Waals surface area contributed by atoms with Gasteiger partial charge in [0.2, 0.25) is 0 Å². The molecule has 0 aliphatic carbocycles. The van der Waals surface area contributed by atoms with E-state index in [4.69, 9.17) is 23.8 Å². The Morgan fingerprint density at radius 3 is 1.64 bits per heavy atom. The Bertz CT molecular complexity index is 4370. The summed E-state index contributed by atoms with van der Waals surface area (Å²) < 4.78 is 17.0. The van der Waals surface area contributed by atoms with Gasteiger partial charge in [0.15, 0.2) is 17.5 Å². The highest BCUT2D eigenvalue weighted by atomic mass is 16.3. The monoisotopic (exact) mass is 844 g/mol. The summed E-state index contributed by atoms with van der Waals surface area (Å²) >= 11 is 0. The number of para-hydroxylation sites is 4. The minimum atomic E-state index is 0.467. The summed E-state index contributed by atoms with van der Waals surface area (Å²) in [5, 5.41) is 19.7. The van der Waals surface area contributed by atoms with Crippen LogP contribution < -0.4 is 0 Å². The number of benzene rings is 9. The van der Waals surface area contributed by atoms with Crippen molar-refractivity contribution in [3.63, 3.8) is 0 Å². The molecule has 5 heterocycles. The quantitative estimate of drug-likeness (QED) is 0.171.